The van der Waals surface area contributed by atoms with Crippen molar-refractivity contribution in [2.45, 2.75) is 57.3 Å². The lowest BCUT2D eigenvalue weighted by Gasteiger charge is -2.32. The van der Waals surface area contributed by atoms with Gasteiger partial charge in [-0.15, -0.1) is 0 Å². The summed E-state index contributed by atoms with van der Waals surface area (Å²) in [6.45, 7) is 1.37. The van der Waals surface area contributed by atoms with Gasteiger partial charge in [0.25, 0.3) is 5.91 Å². The number of hydrogen-bond donors (Lipinski definition) is 1. The fourth-order valence-corrected chi connectivity index (χ4v) is 4.92. The zero-order chi connectivity index (χ0) is 17.4. The van der Waals surface area contributed by atoms with E-state index >= 15 is 0 Å². The van der Waals surface area contributed by atoms with E-state index in [1.165, 1.54) is 37.7 Å². The summed E-state index contributed by atoms with van der Waals surface area (Å²) in [7, 11) is 0. The first-order valence-corrected chi connectivity index (χ1v) is 9.71. The van der Waals surface area contributed by atoms with Crippen LogP contribution < -0.4 is 0 Å². The van der Waals surface area contributed by atoms with Crippen molar-refractivity contribution in [3.63, 3.8) is 0 Å². The highest BCUT2D eigenvalue weighted by atomic mass is 16.4. The molecule has 1 amide bonds. The Morgan fingerprint density at radius 3 is 2.20 bits per heavy atom. The predicted molar refractivity (Wildman–Crippen MR) is 95.6 cm³/mol. The minimum Gasteiger partial charge on any atom is -0.481 e. The van der Waals surface area contributed by atoms with E-state index in [4.69, 9.17) is 0 Å². The third-order valence-electron chi connectivity index (χ3n) is 6.77. The van der Waals surface area contributed by atoms with Gasteiger partial charge in [0.05, 0.1) is 5.92 Å². The van der Waals surface area contributed by atoms with Gasteiger partial charge in [-0.25, -0.2) is 0 Å². The van der Waals surface area contributed by atoms with Crippen LogP contribution in [0.1, 0.15) is 73.2 Å². The maximum absolute atomic E-state index is 12.7. The van der Waals surface area contributed by atoms with Gasteiger partial charge in [0.15, 0.2) is 0 Å². The molecule has 0 bridgehead atoms. The molecule has 4 rings (SSSR count). The first-order chi connectivity index (χ1) is 12.1. The fourth-order valence-electron chi connectivity index (χ4n) is 4.92. The second-order valence-corrected chi connectivity index (χ2v) is 8.21. The highest BCUT2D eigenvalue weighted by Gasteiger charge is 2.59. The van der Waals surface area contributed by atoms with Crippen LogP contribution in [0, 0.1) is 11.3 Å². The van der Waals surface area contributed by atoms with Crippen LogP contribution in [0.4, 0.5) is 0 Å². The molecule has 1 N–H and O–H groups in total. The maximum Gasteiger partial charge on any atom is 0.307 e. The van der Waals surface area contributed by atoms with E-state index in [1.807, 2.05) is 17.0 Å². The zero-order valence-corrected chi connectivity index (χ0v) is 14.7. The van der Waals surface area contributed by atoms with Crippen molar-refractivity contribution in [3.8, 4) is 0 Å². The second-order valence-electron chi connectivity index (χ2n) is 8.21. The summed E-state index contributed by atoms with van der Waals surface area (Å²) in [5.74, 6) is -0.0919. The molecule has 1 aliphatic heterocycles. The molecule has 1 saturated heterocycles. The molecule has 134 valence electrons. The van der Waals surface area contributed by atoms with Gasteiger partial charge in [-0.3, -0.25) is 9.59 Å². The summed E-state index contributed by atoms with van der Waals surface area (Å²) in [5, 5.41) is 9.18. The quantitative estimate of drug-likeness (QED) is 0.902. The normalized spacial score (nSPS) is 25.8. The number of amides is 1. The van der Waals surface area contributed by atoms with E-state index in [0.717, 1.165) is 24.8 Å². The van der Waals surface area contributed by atoms with Crippen LogP contribution >= 0.6 is 0 Å². The number of benzene rings is 1. The zero-order valence-electron chi connectivity index (χ0n) is 14.7. The number of aliphatic carboxylic acids is 1. The second kappa shape index (κ2) is 6.47. The average molecular weight is 341 g/mol. The molecule has 1 atom stereocenters. The van der Waals surface area contributed by atoms with Crippen molar-refractivity contribution in [1.29, 1.82) is 0 Å². The summed E-state index contributed by atoms with van der Waals surface area (Å²) in [6.07, 6.45) is 8.98. The van der Waals surface area contributed by atoms with E-state index in [-0.39, 0.29) is 17.2 Å². The van der Waals surface area contributed by atoms with Crippen LogP contribution in [-0.2, 0) is 4.79 Å². The van der Waals surface area contributed by atoms with Gasteiger partial charge < -0.3 is 10.0 Å². The van der Waals surface area contributed by atoms with Crippen LogP contribution in [0.2, 0.25) is 0 Å². The maximum atomic E-state index is 12.7. The van der Waals surface area contributed by atoms with Crippen molar-refractivity contribution in [3.05, 3.63) is 35.4 Å². The van der Waals surface area contributed by atoms with Crippen molar-refractivity contribution < 1.29 is 14.7 Å². The number of likely N-dealkylation sites (tertiary alicyclic amines) is 1. The third-order valence-corrected chi connectivity index (χ3v) is 6.77. The summed E-state index contributed by atoms with van der Waals surface area (Å²) in [5.41, 5.74) is 2.12. The van der Waals surface area contributed by atoms with Gasteiger partial charge in [0.1, 0.15) is 0 Å². The smallest absolute Gasteiger partial charge is 0.307 e. The number of piperidine rings is 1. The Bertz CT molecular complexity index is 652. The number of nitrogens with zero attached hydrogens (tertiary/aromatic N) is 1. The molecule has 0 radical (unpaired) electrons. The lowest BCUT2D eigenvalue weighted by molar-refractivity contribution is -0.139. The van der Waals surface area contributed by atoms with Crippen LogP contribution in [0.5, 0.6) is 0 Å². The van der Waals surface area contributed by atoms with Crippen molar-refractivity contribution in [1.82, 2.24) is 4.90 Å². The average Bonchev–Trinajstić information content (AvgIpc) is 3.36. The van der Waals surface area contributed by atoms with Gasteiger partial charge in [-0.1, -0.05) is 31.4 Å². The Kier molecular flexibility index (Phi) is 4.30. The molecule has 1 unspecified atom stereocenters. The lowest BCUT2D eigenvalue weighted by Crippen LogP contribution is -2.40. The lowest BCUT2D eigenvalue weighted by atomic mass is 9.84. The molecule has 4 nitrogen and oxygen atoms in total. The van der Waals surface area contributed by atoms with Crippen LogP contribution in [0.3, 0.4) is 0 Å². The van der Waals surface area contributed by atoms with Crippen molar-refractivity contribution in [2.75, 3.05) is 13.1 Å². The topological polar surface area (TPSA) is 57.6 Å². The van der Waals surface area contributed by atoms with Gasteiger partial charge >= 0.3 is 5.97 Å². The number of hydrogen-bond acceptors (Lipinski definition) is 2. The first kappa shape index (κ1) is 16.6. The predicted octanol–water partition coefficient (Wildman–Crippen LogP) is 4.06. The number of rotatable bonds is 3. The summed E-state index contributed by atoms with van der Waals surface area (Å²) >= 11 is 0. The van der Waals surface area contributed by atoms with Gasteiger partial charge in [0, 0.05) is 18.7 Å². The molecule has 1 heterocycles. The Balaban J connectivity index is 1.36. The van der Waals surface area contributed by atoms with E-state index < -0.39 is 5.97 Å². The highest BCUT2D eigenvalue weighted by molar-refractivity contribution is 5.94. The Labute approximate surface area is 149 Å². The molecule has 1 aromatic carbocycles. The van der Waals surface area contributed by atoms with Gasteiger partial charge in [-0.2, -0.15) is 0 Å². The standard InChI is InChI=1S/C21H27NO3/c23-19(22-12-10-21(11-13-22)14-18(21)20(24)25)17-8-6-16(7-9-17)15-4-2-1-3-5-15/h6-9,15,18H,1-5,10-14H2,(H,24,25). The van der Waals surface area contributed by atoms with E-state index in [1.54, 1.807) is 0 Å². The summed E-state index contributed by atoms with van der Waals surface area (Å²) in [6, 6.07) is 8.23. The van der Waals surface area contributed by atoms with E-state index in [0.29, 0.717) is 19.0 Å². The van der Waals surface area contributed by atoms with Crippen molar-refractivity contribution in [2.24, 2.45) is 11.3 Å². The van der Waals surface area contributed by atoms with Crippen LogP contribution in [0.25, 0.3) is 0 Å². The molecule has 3 fully saturated rings. The van der Waals surface area contributed by atoms with Crippen LogP contribution in [0.15, 0.2) is 24.3 Å². The molecule has 0 aromatic heterocycles. The Morgan fingerprint density at radius 1 is 1.00 bits per heavy atom. The van der Waals surface area contributed by atoms with Gasteiger partial charge in [0.2, 0.25) is 0 Å². The van der Waals surface area contributed by atoms with Gasteiger partial charge in [-0.05, 0) is 61.1 Å². The number of carboxylic acid groups (broad SMARTS) is 1. The summed E-state index contributed by atoms with van der Waals surface area (Å²) < 4.78 is 0. The minimum atomic E-state index is -0.668. The van der Waals surface area contributed by atoms with E-state index in [9.17, 15) is 14.7 Å². The number of carboxylic acids is 1. The third kappa shape index (κ3) is 3.19. The first-order valence-electron chi connectivity index (χ1n) is 9.71. The SMILES string of the molecule is O=C(O)C1CC12CCN(C(=O)c1ccc(C3CCCCC3)cc1)CC2. The Hall–Kier alpha value is -1.84. The fraction of sp³-hybridized carbons (Fsp3) is 0.619. The monoisotopic (exact) mass is 341 g/mol. The van der Waals surface area contributed by atoms with Crippen molar-refractivity contribution >= 4 is 11.9 Å². The molecule has 25 heavy (non-hydrogen) atoms. The highest BCUT2D eigenvalue weighted by Crippen LogP contribution is 2.59. The molecule has 2 saturated carbocycles. The largest absolute Gasteiger partial charge is 0.481 e. The Morgan fingerprint density at radius 2 is 1.64 bits per heavy atom. The number of carbonyl (C=O) groups excluding carboxylic acids is 1. The molecule has 1 spiro atoms. The molecule has 2 aliphatic carbocycles. The number of carbonyl (C=O) groups is 2. The minimum absolute atomic E-state index is 0.0204. The summed E-state index contributed by atoms with van der Waals surface area (Å²) in [4.78, 5) is 25.8. The van der Waals surface area contributed by atoms with E-state index in [2.05, 4.69) is 12.1 Å². The molecular formula is C21H27NO3. The molecule has 1 aromatic rings. The molecular weight excluding hydrogens is 314 g/mol. The molecule has 3 aliphatic rings. The van der Waals surface area contributed by atoms with Crippen LogP contribution in [-0.4, -0.2) is 35.0 Å². The molecule has 4 heteroatoms.